The summed E-state index contributed by atoms with van der Waals surface area (Å²) in [6.45, 7) is 0. The van der Waals surface area contributed by atoms with Crippen molar-refractivity contribution >= 4 is 11.9 Å². The molecule has 14 heavy (non-hydrogen) atoms. The number of hydrogen-bond donors (Lipinski definition) is 2. The molecule has 0 spiro atoms. The van der Waals surface area contributed by atoms with Crippen molar-refractivity contribution in [3.63, 3.8) is 0 Å². The number of carbonyl (C=O) groups is 2. The van der Waals surface area contributed by atoms with Crippen LogP contribution in [0.5, 0.6) is 0 Å². The molecule has 1 heterocycles. The molecule has 0 aliphatic carbocycles. The Kier molecular flexibility index (Phi) is 3.11. The first-order valence-electron chi connectivity index (χ1n) is 3.80. The third-order valence-electron chi connectivity index (χ3n) is 1.66. The summed E-state index contributed by atoms with van der Waals surface area (Å²) in [5.74, 6) is -3.45. The maximum Gasteiger partial charge on any atom is 0.311 e. The monoisotopic (exact) mass is 196 g/mol. The van der Waals surface area contributed by atoms with Crippen LogP contribution in [0, 0.1) is 0 Å². The third-order valence-corrected chi connectivity index (χ3v) is 1.66. The van der Waals surface area contributed by atoms with Gasteiger partial charge in [0.15, 0.2) is 0 Å². The summed E-state index contributed by atoms with van der Waals surface area (Å²) < 4.78 is 0. The first-order valence-corrected chi connectivity index (χ1v) is 3.80. The molecule has 0 saturated heterocycles. The van der Waals surface area contributed by atoms with Gasteiger partial charge < -0.3 is 10.2 Å². The highest BCUT2D eigenvalue weighted by Crippen LogP contribution is 2.17. The van der Waals surface area contributed by atoms with Gasteiger partial charge in [0.1, 0.15) is 6.33 Å². The summed E-state index contributed by atoms with van der Waals surface area (Å²) >= 11 is 0. The van der Waals surface area contributed by atoms with E-state index in [1.165, 1.54) is 18.7 Å². The first-order chi connectivity index (χ1) is 6.61. The van der Waals surface area contributed by atoms with Crippen LogP contribution >= 0.6 is 0 Å². The zero-order chi connectivity index (χ0) is 10.6. The number of hydrogen-bond acceptors (Lipinski definition) is 4. The Morgan fingerprint density at radius 1 is 1.29 bits per heavy atom. The lowest BCUT2D eigenvalue weighted by molar-refractivity contribution is -0.145. The van der Waals surface area contributed by atoms with Gasteiger partial charge in [0, 0.05) is 18.0 Å². The molecule has 2 N–H and O–H groups in total. The highest BCUT2D eigenvalue weighted by atomic mass is 16.4. The zero-order valence-electron chi connectivity index (χ0n) is 7.12. The van der Waals surface area contributed by atoms with Crippen molar-refractivity contribution in [1.29, 1.82) is 0 Å². The van der Waals surface area contributed by atoms with Crippen molar-refractivity contribution in [1.82, 2.24) is 9.97 Å². The van der Waals surface area contributed by atoms with Crippen LogP contribution in [0.1, 0.15) is 17.9 Å². The number of aromatic nitrogens is 2. The van der Waals surface area contributed by atoms with Crippen LogP contribution in [0.15, 0.2) is 18.7 Å². The minimum atomic E-state index is -1.19. The van der Waals surface area contributed by atoms with E-state index in [1.54, 1.807) is 0 Å². The second-order valence-corrected chi connectivity index (χ2v) is 2.66. The van der Waals surface area contributed by atoms with E-state index >= 15 is 0 Å². The summed E-state index contributed by atoms with van der Waals surface area (Å²) in [6, 6.07) is 0. The minimum Gasteiger partial charge on any atom is -0.481 e. The van der Waals surface area contributed by atoms with E-state index in [4.69, 9.17) is 10.2 Å². The number of carboxylic acids is 2. The summed E-state index contributed by atoms with van der Waals surface area (Å²) in [5.41, 5.74) is 0.294. The minimum absolute atomic E-state index is 0.294. The third kappa shape index (κ3) is 2.51. The zero-order valence-corrected chi connectivity index (χ0v) is 7.12. The molecule has 0 aliphatic rings. The summed E-state index contributed by atoms with van der Waals surface area (Å²) in [5, 5.41) is 17.2. The van der Waals surface area contributed by atoms with E-state index in [-0.39, 0.29) is 0 Å². The van der Waals surface area contributed by atoms with Crippen molar-refractivity contribution in [3.05, 3.63) is 24.3 Å². The molecule has 1 unspecified atom stereocenters. The van der Waals surface area contributed by atoms with Crippen LogP contribution < -0.4 is 0 Å². The molecule has 0 fully saturated rings. The fourth-order valence-corrected chi connectivity index (χ4v) is 1.01. The van der Waals surface area contributed by atoms with Gasteiger partial charge in [-0.3, -0.25) is 9.59 Å². The molecule has 1 aromatic heterocycles. The number of aliphatic carboxylic acids is 2. The molecule has 0 saturated carbocycles. The largest absolute Gasteiger partial charge is 0.481 e. The fraction of sp³-hybridized carbons (Fsp3) is 0.250. The normalized spacial score (nSPS) is 12.0. The fourth-order valence-electron chi connectivity index (χ4n) is 1.01. The summed E-state index contributed by atoms with van der Waals surface area (Å²) in [7, 11) is 0. The van der Waals surface area contributed by atoms with E-state index in [0.29, 0.717) is 5.56 Å². The molecular formula is C8H8N2O4. The van der Waals surface area contributed by atoms with Crippen molar-refractivity contribution in [3.8, 4) is 0 Å². The maximum atomic E-state index is 10.7. The molecule has 0 amide bonds. The van der Waals surface area contributed by atoms with Gasteiger partial charge in [-0.05, 0) is 0 Å². The molecule has 1 atom stereocenters. The number of carboxylic acid groups (broad SMARTS) is 2. The van der Waals surface area contributed by atoms with Gasteiger partial charge in [-0.15, -0.1) is 0 Å². The molecule has 0 radical (unpaired) electrons. The summed E-state index contributed by atoms with van der Waals surface area (Å²) in [6.07, 6.45) is 3.38. The predicted molar refractivity (Wildman–Crippen MR) is 44.7 cm³/mol. The van der Waals surface area contributed by atoms with E-state index in [1.807, 2.05) is 0 Å². The van der Waals surface area contributed by atoms with Gasteiger partial charge in [0.25, 0.3) is 0 Å². The Morgan fingerprint density at radius 2 is 1.86 bits per heavy atom. The molecule has 0 aliphatic heterocycles. The van der Waals surface area contributed by atoms with Crippen LogP contribution in [-0.2, 0) is 9.59 Å². The second kappa shape index (κ2) is 4.31. The average Bonchev–Trinajstić information content (AvgIpc) is 2.15. The van der Waals surface area contributed by atoms with E-state index in [0.717, 1.165) is 0 Å². The lowest BCUT2D eigenvalue weighted by Crippen LogP contribution is -2.16. The van der Waals surface area contributed by atoms with Crippen LogP contribution in [0.25, 0.3) is 0 Å². The van der Waals surface area contributed by atoms with Crippen LogP contribution in [0.4, 0.5) is 0 Å². The second-order valence-electron chi connectivity index (χ2n) is 2.66. The van der Waals surface area contributed by atoms with Gasteiger partial charge >= 0.3 is 11.9 Å². The average molecular weight is 196 g/mol. The molecular weight excluding hydrogens is 188 g/mol. The number of nitrogens with zero attached hydrogens (tertiary/aromatic N) is 2. The quantitative estimate of drug-likeness (QED) is 0.709. The predicted octanol–water partition coefficient (Wildman–Crippen LogP) is 0.119. The Bertz CT molecular complexity index is 338. The summed E-state index contributed by atoms with van der Waals surface area (Å²) in [4.78, 5) is 28.4. The highest BCUT2D eigenvalue weighted by Gasteiger charge is 2.23. The van der Waals surface area contributed by atoms with Gasteiger partial charge in [-0.1, -0.05) is 0 Å². The van der Waals surface area contributed by atoms with E-state index in [9.17, 15) is 9.59 Å². The van der Waals surface area contributed by atoms with E-state index < -0.39 is 24.3 Å². The number of rotatable bonds is 4. The van der Waals surface area contributed by atoms with Crippen LogP contribution in [0.2, 0.25) is 0 Å². The van der Waals surface area contributed by atoms with E-state index in [2.05, 4.69) is 9.97 Å². The molecule has 1 rings (SSSR count). The van der Waals surface area contributed by atoms with Gasteiger partial charge in [-0.25, -0.2) is 9.97 Å². The van der Waals surface area contributed by atoms with Crippen molar-refractivity contribution < 1.29 is 19.8 Å². The van der Waals surface area contributed by atoms with Crippen LogP contribution in [0.3, 0.4) is 0 Å². The van der Waals surface area contributed by atoms with Crippen LogP contribution in [-0.4, -0.2) is 32.1 Å². The van der Waals surface area contributed by atoms with Crippen molar-refractivity contribution in [2.45, 2.75) is 12.3 Å². The standard InChI is InChI=1S/C8H8N2O4/c11-7(12)1-6(8(13)14)5-2-9-4-10-3-5/h2-4,6H,1H2,(H,11,12)(H,13,14). The lowest BCUT2D eigenvalue weighted by Gasteiger charge is -2.07. The molecule has 0 bridgehead atoms. The lowest BCUT2D eigenvalue weighted by atomic mass is 9.99. The topological polar surface area (TPSA) is 100 Å². The smallest absolute Gasteiger partial charge is 0.311 e. The van der Waals surface area contributed by atoms with Crippen molar-refractivity contribution in [2.24, 2.45) is 0 Å². The van der Waals surface area contributed by atoms with Gasteiger partial charge in [0.2, 0.25) is 0 Å². The van der Waals surface area contributed by atoms with Crippen molar-refractivity contribution in [2.75, 3.05) is 0 Å². The molecule has 0 aromatic carbocycles. The molecule has 74 valence electrons. The van der Waals surface area contributed by atoms with Gasteiger partial charge in [0.05, 0.1) is 12.3 Å². The highest BCUT2D eigenvalue weighted by molar-refractivity contribution is 5.82. The Morgan fingerprint density at radius 3 is 2.29 bits per heavy atom. The molecule has 6 nitrogen and oxygen atoms in total. The Hall–Kier alpha value is -1.98. The Balaban J connectivity index is 2.89. The maximum absolute atomic E-state index is 10.7. The first kappa shape index (κ1) is 10.1. The Labute approximate surface area is 79.2 Å². The van der Waals surface area contributed by atoms with Gasteiger partial charge in [-0.2, -0.15) is 0 Å². The molecule has 1 aromatic rings. The molecule has 6 heteroatoms. The SMILES string of the molecule is O=C(O)CC(C(=O)O)c1cncnc1.